The Bertz CT molecular complexity index is 8240. The SMILES string of the molecule is N#Cc1ccc(N2c3ccccc3C3(c4ccccc4-c4cc(-c5ccc6oc7ccccc7c6c5)ccc43)c3ccccc32)cc1-c1nc(-c2ccccc2)nc(-c2ccccc2)n1.N#Cc1ccc(N2c3ccccc3C3(c4ccccc4-c4cc(-n5c6ccccc6c6ccccc65)ccc43)c3ccccc32)cc1-c1nc(-c2ccccc2)nc(-c2ccccc2)n1. The fourth-order valence-electron chi connectivity index (χ4n) is 21.0. The highest BCUT2D eigenvalue weighted by molar-refractivity contribution is 6.10. The van der Waals surface area contributed by atoms with Gasteiger partial charge in [0.2, 0.25) is 0 Å². The molecule has 18 aromatic carbocycles. The van der Waals surface area contributed by atoms with Gasteiger partial charge in [0.25, 0.3) is 0 Å². The molecule has 6 heterocycles. The summed E-state index contributed by atoms with van der Waals surface area (Å²) in [6.45, 7) is 0. The molecule has 0 unspecified atom stereocenters. The topological polar surface area (TPSA) is 149 Å². The first-order valence-corrected chi connectivity index (χ1v) is 43.6. The predicted molar refractivity (Wildman–Crippen MR) is 520 cm³/mol. The molecule has 0 N–H and O–H groups in total. The van der Waals surface area contributed by atoms with Crippen molar-refractivity contribution >= 4 is 77.9 Å². The van der Waals surface area contributed by atoms with Crippen molar-refractivity contribution in [2.45, 2.75) is 10.8 Å². The Balaban J connectivity index is 0.000000140. The van der Waals surface area contributed by atoms with Crippen LogP contribution in [-0.4, -0.2) is 34.5 Å². The first-order valence-electron chi connectivity index (χ1n) is 43.6. The summed E-state index contributed by atoms with van der Waals surface area (Å²) in [5.41, 5.74) is 32.6. The van der Waals surface area contributed by atoms with E-state index in [1.165, 1.54) is 88.6 Å². The summed E-state index contributed by atoms with van der Waals surface area (Å²) in [5.74, 6) is 3.02. The van der Waals surface area contributed by atoms with Gasteiger partial charge in [0.15, 0.2) is 34.9 Å². The molecule has 0 fully saturated rings. The first kappa shape index (κ1) is 74.8. The fraction of sp³-hybridized carbons (Fsp3) is 0.0169. The Labute approximate surface area is 748 Å². The van der Waals surface area contributed by atoms with Gasteiger partial charge in [0.05, 0.1) is 67.9 Å². The van der Waals surface area contributed by atoms with Gasteiger partial charge in [-0.25, -0.2) is 29.9 Å². The summed E-state index contributed by atoms with van der Waals surface area (Å²) in [5, 5.41) is 26.0. The van der Waals surface area contributed by atoms with E-state index < -0.39 is 10.8 Å². The van der Waals surface area contributed by atoms with Crippen LogP contribution in [0.3, 0.4) is 0 Å². The first-order chi connectivity index (χ1) is 64.4. The lowest BCUT2D eigenvalue weighted by Crippen LogP contribution is -2.36. The Morgan fingerprint density at radius 3 is 0.969 bits per heavy atom. The Morgan fingerprint density at radius 1 is 0.215 bits per heavy atom. The summed E-state index contributed by atoms with van der Waals surface area (Å²) in [6, 6.07) is 156. The Hall–Kier alpha value is -17.8. The predicted octanol–water partition coefficient (Wildman–Crippen LogP) is 28.4. The zero-order chi connectivity index (χ0) is 86.1. The van der Waals surface area contributed by atoms with Crippen LogP contribution in [-0.2, 0) is 10.8 Å². The second kappa shape index (κ2) is 30.0. The van der Waals surface area contributed by atoms with Crippen molar-refractivity contribution in [2.24, 2.45) is 0 Å². The lowest BCUT2D eigenvalue weighted by Gasteiger charge is -2.45. The van der Waals surface area contributed by atoms with Crippen LogP contribution in [0.4, 0.5) is 34.1 Å². The van der Waals surface area contributed by atoms with E-state index in [1.807, 2.05) is 158 Å². The van der Waals surface area contributed by atoms with Crippen LogP contribution < -0.4 is 9.80 Å². The van der Waals surface area contributed by atoms with Crippen molar-refractivity contribution in [3.63, 3.8) is 0 Å². The van der Waals surface area contributed by atoms with E-state index in [0.717, 1.165) is 95.1 Å². The summed E-state index contributed by atoms with van der Waals surface area (Å²) < 4.78 is 8.61. The van der Waals surface area contributed by atoms with E-state index in [-0.39, 0.29) is 0 Å². The number of aromatic nitrogens is 7. The lowest BCUT2D eigenvalue weighted by molar-refractivity contribution is 0.669. The van der Waals surface area contributed by atoms with Gasteiger partial charge in [0, 0.05) is 72.0 Å². The number of para-hydroxylation sites is 7. The molecule has 0 amide bonds. The molecule has 2 aliphatic carbocycles. The average molecular weight is 1660 g/mol. The highest BCUT2D eigenvalue weighted by Crippen LogP contribution is 2.66. The molecule has 2 aliphatic heterocycles. The van der Waals surface area contributed by atoms with Crippen LogP contribution in [0.15, 0.2) is 435 Å². The van der Waals surface area contributed by atoms with Crippen molar-refractivity contribution in [2.75, 3.05) is 9.80 Å². The van der Waals surface area contributed by atoms with Crippen LogP contribution in [0, 0.1) is 22.7 Å². The van der Waals surface area contributed by atoms with Gasteiger partial charge in [-0.1, -0.05) is 322 Å². The molecule has 4 aromatic heterocycles. The summed E-state index contributed by atoms with van der Waals surface area (Å²) in [4.78, 5) is 34.7. The van der Waals surface area contributed by atoms with Gasteiger partial charge >= 0.3 is 0 Å². The number of benzene rings is 18. The van der Waals surface area contributed by atoms with E-state index in [9.17, 15) is 10.5 Å². The molecule has 12 heteroatoms. The molecule has 22 aromatic rings. The maximum absolute atomic E-state index is 10.6. The van der Waals surface area contributed by atoms with Gasteiger partial charge in [-0.15, -0.1) is 0 Å². The summed E-state index contributed by atoms with van der Waals surface area (Å²) >= 11 is 0. The van der Waals surface area contributed by atoms with E-state index in [0.29, 0.717) is 57.2 Å². The molecule has 2 spiro atoms. The molecule has 0 radical (unpaired) electrons. The molecular weight excluding hydrogens is 1590 g/mol. The fourth-order valence-corrected chi connectivity index (χ4v) is 21.0. The molecule has 0 saturated carbocycles. The third kappa shape index (κ3) is 11.5. The quantitative estimate of drug-likeness (QED) is 0.129. The molecule has 0 bridgehead atoms. The van der Waals surface area contributed by atoms with Crippen molar-refractivity contribution in [1.82, 2.24) is 34.5 Å². The van der Waals surface area contributed by atoms with E-state index in [4.69, 9.17) is 34.3 Å². The Morgan fingerprint density at radius 2 is 0.531 bits per heavy atom. The number of anilines is 6. The number of rotatable bonds is 10. The molecule has 0 atom stereocenters. The van der Waals surface area contributed by atoms with Gasteiger partial charge in [-0.3, -0.25) is 0 Å². The van der Waals surface area contributed by atoms with Crippen molar-refractivity contribution < 1.29 is 4.42 Å². The zero-order valence-electron chi connectivity index (χ0n) is 69.8. The highest BCUT2D eigenvalue weighted by atomic mass is 16.3. The minimum Gasteiger partial charge on any atom is -0.456 e. The average Bonchev–Trinajstić information content (AvgIpc) is 1.10. The van der Waals surface area contributed by atoms with Crippen LogP contribution in [0.5, 0.6) is 0 Å². The maximum atomic E-state index is 10.6. The van der Waals surface area contributed by atoms with Gasteiger partial charge < -0.3 is 18.8 Å². The molecule has 0 saturated heterocycles. The summed E-state index contributed by atoms with van der Waals surface area (Å²) in [7, 11) is 0. The van der Waals surface area contributed by atoms with Crippen molar-refractivity contribution in [3.8, 4) is 120 Å². The normalized spacial score (nSPS) is 13.0. The number of hydrogen-bond donors (Lipinski definition) is 0. The van der Waals surface area contributed by atoms with E-state index in [2.05, 4.69) is 299 Å². The molecule has 130 heavy (non-hydrogen) atoms. The number of hydrogen-bond acceptors (Lipinski definition) is 11. The maximum Gasteiger partial charge on any atom is 0.165 e. The van der Waals surface area contributed by atoms with Crippen LogP contribution >= 0.6 is 0 Å². The molecule has 12 nitrogen and oxygen atoms in total. The number of nitriles is 2. The van der Waals surface area contributed by atoms with Crippen molar-refractivity contribution in [1.29, 1.82) is 10.5 Å². The highest BCUT2D eigenvalue weighted by Gasteiger charge is 2.54. The third-order valence-corrected chi connectivity index (χ3v) is 26.5. The van der Waals surface area contributed by atoms with Gasteiger partial charge in [0.1, 0.15) is 11.2 Å². The van der Waals surface area contributed by atoms with Crippen LogP contribution in [0.2, 0.25) is 0 Å². The second-order valence-electron chi connectivity index (χ2n) is 33.3. The summed E-state index contributed by atoms with van der Waals surface area (Å²) in [6.07, 6.45) is 0. The monoisotopic (exact) mass is 1660 g/mol. The van der Waals surface area contributed by atoms with Crippen molar-refractivity contribution in [3.05, 3.63) is 486 Å². The van der Waals surface area contributed by atoms with E-state index in [1.54, 1.807) is 0 Å². The minimum absolute atomic E-state index is 0.431. The second-order valence-corrected chi connectivity index (χ2v) is 33.3. The van der Waals surface area contributed by atoms with E-state index >= 15 is 0 Å². The molecule has 26 rings (SSSR count). The zero-order valence-corrected chi connectivity index (χ0v) is 69.8. The van der Waals surface area contributed by atoms with Gasteiger partial charge in [-0.2, -0.15) is 10.5 Å². The standard InChI is InChI=1S/C59H36N6.C59H35N5O/c60-37-40-31-32-41(35-46(40)58-62-56(38-17-3-1-4-18-38)61-57(63-58)39-19-5-2-6-20-39)65-54-29-15-11-25-50(54)59(51-26-12-16-30-55(51)65)48-24-10-7-21-43(48)47-36-42(33-34-49(47)59)64-52-27-13-8-22-44(52)45-23-9-14-28-53(45)64;60-36-41-27-30-42(35-45(41)58-62-56(37-15-3-1-4-16-37)61-57(63-58)38-17-5-2-6-18-38)64-52-24-12-10-22-50(52)59(51-23-11-13-25-53(51)64)48-21-9-7-19-43(48)46-33-39(28-31-49(46)59)40-29-32-55-47(34-40)44-20-8-14-26-54(44)65-55/h1-36H;1-35H. The smallest absolute Gasteiger partial charge is 0.165 e. The molecule has 4 aliphatic rings. The van der Waals surface area contributed by atoms with Crippen LogP contribution in [0.1, 0.15) is 55.6 Å². The largest absolute Gasteiger partial charge is 0.456 e. The third-order valence-electron chi connectivity index (χ3n) is 26.5. The number of nitrogens with zero attached hydrogens (tertiary/aromatic N) is 11. The van der Waals surface area contributed by atoms with Crippen LogP contribution in [0.25, 0.3) is 151 Å². The van der Waals surface area contributed by atoms with Gasteiger partial charge in [-0.05, 0) is 187 Å². The Kier molecular flexibility index (Phi) is 17.2. The molecule has 604 valence electrons. The lowest BCUT2D eigenvalue weighted by atomic mass is 9.64. The minimum atomic E-state index is -0.617. The molecular formula is C118H71N11O. The number of fused-ring (bicyclic) bond motifs is 24. The number of furan rings is 1.